The highest BCUT2D eigenvalue weighted by molar-refractivity contribution is 9.10. The summed E-state index contributed by atoms with van der Waals surface area (Å²) in [6.07, 6.45) is 0. The Balaban J connectivity index is 1.64. The normalized spacial score (nSPS) is 10.8. The van der Waals surface area contributed by atoms with Crippen LogP contribution in [0.5, 0.6) is 0 Å². The van der Waals surface area contributed by atoms with E-state index in [9.17, 15) is 18.8 Å². The molecule has 4 aromatic rings. The number of nitrogens with one attached hydrogen (secondary N) is 3. The summed E-state index contributed by atoms with van der Waals surface area (Å²) in [6.45, 7) is 0. The van der Waals surface area contributed by atoms with Crippen molar-refractivity contribution >= 4 is 95.1 Å². The second-order valence-corrected chi connectivity index (χ2v) is 9.90. The first-order valence-corrected chi connectivity index (χ1v) is 12.1. The number of hydrogen-bond acceptors (Lipinski definition) is 3. The van der Waals surface area contributed by atoms with Gasteiger partial charge in [0, 0.05) is 30.1 Å². The molecule has 1 aromatic heterocycles. The molecule has 0 unspecified atom stereocenters. The van der Waals surface area contributed by atoms with Crippen LogP contribution >= 0.6 is 55.1 Å². The number of carbonyl (C=O) groups is 3. The van der Waals surface area contributed by atoms with Gasteiger partial charge in [-0.2, -0.15) is 0 Å². The van der Waals surface area contributed by atoms with Crippen LogP contribution in [0.1, 0.15) is 10.5 Å². The van der Waals surface area contributed by atoms with Crippen LogP contribution in [-0.4, -0.2) is 22.4 Å². The van der Waals surface area contributed by atoms with Crippen molar-refractivity contribution in [1.82, 2.24) is 4.68 Å². The van der Waals surface area contributed by atoms with Gasteiger partial charge in [0.2, 0.25) is 0 Å². The average Bonchev–Trinajstić information content (AvgIpc) is 3.12. The van der Waals surface area contributed by atoms with Gasteiger partial charge in [-0.1, -0.05) is 55.1 Å². The van der Waals surface area contributed by atoms with E-state index in [-0.39, 0.29) is 11.4 Å². The minimum absolute atomic E-state index is 0.0187. The van der Waals surface area contributed by atoms with Crippen molar-refractivity contribution in [2.75, 3.05) is 16.1 Å². The van der Waals surface area contributed by atoms with Crippen LogP contribution in [0.3, 0.4) is 0 Å². The molecule has 0 bridgehead atoms. The average molecular weight is 643 g/mol. The number of nitrogens with zero attached hydrogens (tertiary/aromatic N) is 1. The molecule has 0 aliphatic heterocycles. The third-order valence-electron chi connectivity index (χ3n) is 4.72. The van der Waals surface area contributed by atoms with E-state index >= 15 is 0 Å². The second-order valence-electron chi connectivity index (χ2n) is 7.20. The van der Waals surface area contributed by atoms with E-state index in [1.54, 1.807) is 18.2 Å². The fourth-order valence-electron chi connectivity index (χ4n) is 3.22. The van der Waals surface area contributed by atoms with E-state index in [0.29, 0.717) is 31.1 Å². The predicted molar refractivity (Wildman–Crippen MR) is 141 cm³/mol. The molecule has 4 rings (SSSR count). The molecule has 3 N–H and O–H groups in total. The minimum atomic E-state index is -1.13. The molecule has 0 saturated carbocycles. The number of fused-ring (bicyclic) bond motifs is 1. The van der Waals surface area contributed by atoms with E-state index < -0.39 is 23.5 Å². The molecule has 35 heavy (non-hydrogen) atoms. The van der Waals surface area contributed by atoms with Crippen LogP contribution < -0.4 is 16.1 Å². The number of aromatic nitrogens is 1. The fraction of sp³-hybridized carbons (Fsp3) is 0. The molecule has 1 heterocycles. The first-order chi connectivity index (χ1) is 16.6. The molecule has 0 aliphatic carbocycles. The quantitative estimate of drug-likeness (QED) is 0.220. The van der Waals surface area contributed by atoms with Gasteiger partial charge in [-0.3, -0.25) is 19.8 Å². The van der Waals surface area contributed by atoms with Gasteiger partial charge in [-0.05, 0) is 60.7 Å². The topological polar surface area (TPSA) is 92.2 Å². The first-order valence-electron chi connectivity index (χ1n) is 9.76. The monoisotopic (exact) mass is 640 g/mol. The van der Waals surface area contributed by atoms with E-state index in [1.165, 1.54) is 41.1 Å². The Morgan fingerprint density at radius 3 is 2.14 bits per heavy atom. The lowest BCUT2D eigenvalue weighted by molar-refractivity contribution is -0.133. The number of amides is 3. The predicted octanol–water partition coefficient (Wildman–Crippen LogP) is 6.57. The van der Waals surface area contributed by atoms with Crippen molar-refractivity contribution < 1.29 is 18.8 Å². The van der Waals surface area contributed by atoms with Crippen LogP contribution in [0, 0.1) is 5.82 Å². The maximum absolute atomic E-state index is 14.1. The van der Waals surface area contributed by atoms with Crippen molar-refractivity contribution in [1.29, 1.82) is 0 Å². The second kappa shape index (κ2) is 10.4. The molecular formula is C23H13Br2Cl2FN4O3. The number of anilines is 2. The summed E-state index contributed by atoms with van der Waals surface area (Å²) in [5.41, 5.74) is 3.02. The molecule has 0 atom stereocenters. The number of halogens is 5. The maximum Gasteiger partial charge on any atom is 0.328 e. The zero-order valence-corrected chi connectivity index (χ0v) is 22.0. The van der Waals surface area contributed by atoms with Gasteiger partial charge >= 0.3 is 11.8 Å². The van der Waals surface area contributed by atoms with Gasteiger partial charge in [0.25, 0.3) is 5.91 Å². The summed E-state index contributed by atoms with van der Waals surface area (Å²) in [5.74, 6) is -3.57. The van der Waals surface area contributed by atoms with E-state index in [0.717, 1.165) is 10.5 Å². The summed E-state index contributed by atoms with van der Waals surface area (Å²) < 4.78 is 16.5. The SMILES string of the molecule is O=C(Nc1ccc(Br)cc1F)C(=O)Nn1c(C(=O)Nc2cc(Cl)cc(Cl)c2)cc2cc(Br)ccc21. The third-order valence-corrected chi connectivity index (χ3v) is 6.14. The van der Waals surface area contributed by atoms with Crippen molar-refractivity contribution in [3.05, 3.63) is 91.2 Å². The highest BCUT2D eigenvalue weighted by Gasteiger charge is 2.22. The van der Waals surface area contributed by atoms with Gasteiger partial charge in [-0.25, -0.2) is 9.07 Å². The minimum Gasteiger partial charge on any atom is -0.321 e. The van der Waals surface area contributed by atoms with Crippen LogP contribution in [-0.2, 0) is 9.59 Å². The Labute approximate surface area is 224 Å². The van der Waals surface area contributed by atoms with Crippen molar-refractivity contribution in [2.24, 2.45) is 0 Å². The van der Waals surface area contributed by atoms with Crippen LogP contribution in [0.25, 0.3) is 10.9 Å². The lowest BCUT2D eigenvalue weighted by Crippen LogP contribution is -2.36. The van der Waals surface area contributed by atoms with Gasteiger partial charge in [0.15, 0.2) is 0 Å². The molecule has 7 nitrogen and oxygen atoms in total. The Bertz CT molecular complexity index is 1490. The summed E-state index contributed by atoms with van der Waals surface area (Å²) in [4.78, 5) is 38.2. The van der Waals surface area contributed by atoms with Crippen LogP contribution in [0.4, 0.5) is 15.8 Å². The van der Waals surface area contributed by atoms with Gasteiger partial charge in [-0.15, -0.1) is 0 Å². The molecule has 12 heteroatoms. The number of rotatable bonds is 4. The Kier molecular flexibility index (Phi) is 7.46. The van der Waals surface area contributed by atoms with E-state index in [1.807, 2.05) is 0 Å². The third kappa shape index (κ3) is 5.84. The number of carbonyl (C=O) groups excluding carboxylic acids is 3. The molecule has 178 valence electrons. The molecular weight excluding hydrogens is 630 g/mol. The lowest BCUT2D eigenvalue weighted by Gasteiger charge is -2.13. The standard InChI is InChI=1S/C23H13Br2Cl2FN4O3/c24-12-2-4-19-11(5-12)6-20(21(33)29-16-9-14(26)8-15(27)10-16)32(19)31-23(35)22(34)30-18-3-1-13(25)7-17(18)28/h1-10H,(H,29,33)(H,30,34)(H,31,35). The first kappa shape index (κ1) is 25.2. The number of hydrogen-bond donors (Lipinski definition) is 3. The molecule has 0 saturated heterocycles. The van der Waals surface area contributed by atoms with Crippen molar-refractivity contribution in [3.8, 4) is 0 Å². The fourth-order valence-corrected chi connectivity index (χ4v) is 4.46. The van der Waals surface area contributed by atoms with E-state index in [4.69, 9.17) is 23.2 Å². The summed E-state index contributed by atoms with van der Waals surface area (Å²) >= 11 is 18.5. The van der Waals surface area contributed by atoms with Crippen LogP contribution in [0.15, 0.2) is 69.6 Å². The maximum atomic E-state index is 14.1. The molecule has 0 fully saturated rings. The van der Waals surface area contributed by atoms with Gasteiger partial charge < -0.3 is 10.6 Å². The van der Waals surface area contributed by atoms with Crippen LogP contribution in [0.2, 0.25) is 10.0 Å². The zero-order valence-electron chi connectivity index (χ0n) is 17.3. The summed E-state index contributed by atoms with van der Waals surface area (Å²) in [7, 11) is 0. The summed E-state index contributed by atoms with van der Waals surface area (Å²) in [5, 5.41) is 6.12. The molecule has 0 radical (unpaired) electrons. The summed E-state index contributed by atoms with van der Waals surface area (Å²) in [6, 6.07) is 15.1. The lowest BCUT2D eigenvalue weighted by atomic mass is 10.2. The largest absolute Gasteiger partial charge is 0.328 e. The van der Waals surface area contributed by atoms with Gasteiger partial charge in [0.1, 0.15) is 11.5 Å². The number of benzene rings is 3. The Hall–Kier alpha value is -2.92. The molecule has 0 spiro atoms. The smallest absolute Gasteiger partial charge is 0.321 e. The molecule has 3 amide bonds. The Morgan fingerprint density at radius 2 is 1.46 bits per heavy atom. The van der Waals surface area contributed by atoms with Gasteiger partial charge in [0.05, 0.1) is 11.2 Å². The Morgan fingerprint density at radius 1 is 0.800 bits per heavy atom. The van der Waals surface area contributed by atoms with E-state index in [2.05, 4.69) is 47.9 Å². The zero-order chi connectivity index (χ0) is 25.3. The van der Waals surface area contributed by atoms with Crippen molar-refractivity contribution in [3.63, 3.8) is 0 Å². The van der Waals surface area contributed by atoms with Crippen molar-refractivity contribution in [2.45, 2.75) is 0 Å². The highest BCUT2D eigenvalue weighted by atomic mass is 79.9. The molecule has 3 aromatic carbocycles. The highest BCUT2D eigenvalue weighted by Crippen LogP contribution is 2.26. The molecule has 0 aliphatic rings.